The van der Waals surface area contributed by atoms with Crippen LogP contribution in [0.1, 0.15) is 12.8 Å². The highest BCUT2D eigenvalue weighted by Crippen LogP contribution is 2.31. The lowest BCUT2D eigenvalue weighted by Crippen LogP contribution is -2.38. The van der Waals surface area contributed by atoms with Crippen molar-refractivity contribution in [3.8, 4) is 17.6 Å². The first-order valence-corrected chi connectivity index (χ1v) is 8.08. The van der Waals surface area contributed by atoms with E-state index in [2.05, 4.69) is 6.07 Å². The average molecular weight is 310 g/mol. The topological polar surface area (TPSA) is 79.6 Å². The van der Waals surface area contributed by atoms with Crippen molar-refractivity contribution in [2.75, 3.05) is 27.3 Å². The SMILES string of the molecule is COc1ccc(S(=O)(=O)N2CCC(C#N)CC2)cc1OC. The van der Waals surface area contributed by atoms with E-state index < -0.39 is 10.0 Å². The molecule has 0 aromatic heterocycles. The number of hydrogen-bond acceptors (Lipinski definition) is 5. The van der Waals surface area contributed by atoms with E-state index >= 15 is 0 Å². The van der Waals surface area contributed by atoms with Gasteiger partial charge < -0.3 is 9.47 Å². The highest BCUT2D eigenvalue weighted by molar-refractivity contribution is 7.89. The quantitative estimate of drug-likeness (QED) is 0.844. The molecule has 1 aliphatic heterocycles. The number of ether oxygens (including phenoxy) is 2. The molecule has 0 spiro atoms. The van der Waals surface area contributed by atoms with Crippen LogP contribution in [-0.2, 0) is 10.0 Å². The monoisotopic (exact) mass is 310 g/mol. The van der Waals surface area contributed by atoms with Gasteiger partial charge in [0, 0.05) is 25.1 Å². The van der Waals surface area contributed by atoms with Crippen molar-refractivity contribution in [1.82, 2.24) is 4.31 Å². The number of hydrogen-bond donors (Lipinski definition) is 0. The first kappa shape index (κ1) is 15.6. The average Bonchev–Trinajstić information content (AvgIpc) is 2.54. The Bertz CT molecular complexity index is 643. The van der Waals surface area contributed by atoms with E-state index in [1.165, 1.54) is 30.7 Å². The first-order chi connectivity index (χ1) is 10.0. The molecule has 114 valence electrons. The number of methoxy groups -OCH3 is 2. The number of piperidine rings is 1. The number of benzene rings is 1. The van der Waals surface area contributed by atoms with Gasteiger partial charge in [0.25, 0.3) is 0 Å². The molecule has 0 amide bonds. The lowest BCUT2D eigenvalue weighted by molar-refractivity contribution is 0.309. The smallest absolute Gasteiger partial charge is 0.243 e. The predicted molar refractivity (Wildman–Crippen MR) is 76.6 cm³/mol. The minimum absolute atomic E-state index is 0.0538. The summed E-state index contributed by atoms with van der Waals surface area (Å²) >= 11 is 0. The van der Waals surface area contributed by atoms with Crippen molar-refractivity contribution in [3.05, 3.63) is 18.2 Å². The molecule has 6 nitrogen and oxygen atoms in total. The van der Waals surface area contributed by atoms with Gasteiger partial charge in [0.15, 0.2) is 11.5 Å². The van der Waals surface area contributed by atoms with Crippen molar-refractivity contribution in [2.24, 2.45) is 5.92 Å². The zero-order valence-corrected chi connectivity index (χ0v) is 12.9. The molecular formula is C14H18N2O4S. The fourth-order valence-corrected chi connectivity index (χ4v) is 3.84. The normalized spacial score (nSPS) is 17.2. The van der Waals surface area contributed by atoms with E-state index in [1.54, 1.807) is 6.07 Å². The first-order valence-electron chi connectivity index (χ1n) is 6.64. The van der Waals surface area contributed by atoms with Crippen LogP contribution in [0.15, 0.2) is 23.1 Å². The van der Waals surface area contributed by atoms with Crippen LogP contribution in [0.25, 0.3) is 0 Å². The second-order valence-corrected chi connectivity index (χ2v) is 6.76. The van der Waals surface area contributed by atoms with Crippen LogP contribution >= 0.6 is 0 Å². The molecule has 1 aliphatic rings. The van der Waals surface area contributed by atoms with Crippen LogP contribution in [0, 0.1) is 17.2 Å². The Balaban J connectivity index is 2.26. The Morgan fingerprint density at radius 3 is 2.33 bits per heavy atom. The zero-order valence-electron chi connectivity index (χ0n) is 12.1. The maximum absolute atomic E-state index is 12.6. The second-order valence-electron chi connectivity index (χ2n) is 4.82. The Kier molecular flexibility index (Phi) is 4.70. The molecule has 1 aromatic carbocycles. The van der Waals surface area contributed by atoms with Crippen LogP contribution in [0.4, 0.5) is 0 Å². The fraction of sp³-hybridized carbons (Fsp3) is 0.500. The minimum Gasteiger partial charge on any atom is -0.493 e. The van der Waals surface area contributed by atoms with Gasteiger partial charge in [-0.25, -0.2) is 8.42 Å². The number of nitriles is 1. The molecule has 1 heterocycles. The van der Waals surface area contributed by atoms with Gasteiger partial charge in [0.2, 0.25) is 10.0 Å². The van der Waals surface area contributed by atoms with Crippen LogP contribution in [0.3, 0.4) is 0 Å². The minimum atomic E-state index is -3.56. The molecule has 21 heavy (non-hydrogen) atoms. The fourth-order valence-electron chi connectivity index (χ4n) is 2.35. The summed E-state index contributed by atoms with van der Waals surface area (Å²) in [5, 5.41) is 8.87. The van der Waals surface area contributed by atoms with E-state index in [4.69, 9.17) is 14.7 Å². The largest absolute Gasteiger partial charge is 0.493 e. The van der Waals surface area contributed by atoms with E-state index in [1.807, 2.05) is 0 Å². The Hall–Kier alpha value is -1.78. The molecule has 1 fully saturated rings. The van der Waals surface area contributed by atoms with Crippen molar-refractivity contribution in [2.45, 2.75) is 17.7 Å². The van der Waals surface area contributed by atoms with Crippen LogP contribution in [-0.4, -0.2) is 40.0 Å². The Morgan fingerprint density at radius 2 is 1.81 bits per heavy atom. The van der Waals surface area contributed by atoms with Crippen molar-refractivity contribution >= 4 is 10.0 Å². The van der Waals surface area contributed by atoms with E-state index in [-0.39, 0.29) is 10.8 Å². The maximum atomic E-state index is 12.6. The van der Waals surface area contributed by atoms with Gasteiger partial charge in [-0.2, -0.15) is 9.57 Å². The van der Waals surface area contributed by atoms with E-state index in [0.29, 0.717) is 37.4 Å². The molecular weight excluding hydrogens is 292 g/mol. The molecule has 1 aromatic rings. The Morgan fingerprint density at radius 1 is 1.19 bits per heavy atom. The molecule has 1 saturated heterocycles. The van der Waals surface area contributed by atoms with E-state index in [0.717, 1.165) is 0 Å². The van der Waals surface area contributed by atoms with Gasteiger partial charge in [-0.3, -0.25) is 0 Å². The molecule has 0 unspecified atom stereocenters. The van der Waals surface area contributed by atoms with Gasteiger partial charge >= 0.3 is 0 Å². The van der Waals surface area contributed by atoms with Gasteiger partial charge in [0.1, 0.15) is 0 Å². The molecule has 2 rings (SSSR count). The molecule has 0 radical (unpaired) electrons. The standard InChI is InChI=1S/C14H18N2O4S/c1-19-13-4-3-12(9-14(13)20-2)21(17,18)16-7-5-11(10-15)6-8-16/h3-4,9,11H,5-8H2,1-2H3. The van der Waals surface area contributed by atoms with Gasteiger partial charge in [0.05, 0.1) is 25.2 Å². The third-order valence-corrected chi connectivity index (χ3v) is 5.52. The molecule has 7 heteroatoms. The van der Waals surface area contributed by atoms with E-state index in [9.17, 15) is 8.42 Å². The van der Waals surface area contributed by atoms with Crippen LogP contribution < -0.4 is 9.47 Å². The van der Waals surface area contributed by atoms with Gasteiger partial charge in [-0.05, 0) is 25.0 Å². The van der Waals surface area contributed by atoms with Gasteiger partial charge in [-0.15, -0.1) is 0 Å². The summed E-state index contributed by atoms with van der Waals surface area (Å²) < 4.78 is 36.9. The maximum Gasteiger partial charge on any atom is 0.243 e. The van der Waals surface area contributed by atoms with Crippen LogP contribution in [0.2, 0.25) is 0 Å². The summed E-state index contributed by atoms with van der Waals surface area (Å²) in [5.74, 6) is 0.812. The number of rotatable bonds is 4. The molecule has 0 bridgehead atoms. The van der Waals surface area contributed by atoms with Crippen molar-refractivity contribution in [1.29, 1.82) is 5.26 Å². The summed E-state index contributed by atoms with van der Waals surface area (Å²) in [6, 6.07) is 6.74. The molecule has 0 aliphatic carbocycles. The highest BCUT2D eigenvalue weighted by Gasteiger charge is 2.29. The number of sulfonamides is 1. The lowest BCUT2D eigenvalue weighted by atomic mass is 10.0. The van der Waals surface area contributed by atoms with Crippen molar-refractivity contribution in [3.63, 3.8) is 0 Å². The second kappa shape index (κ2) is 6.33. The zero-order chi connectivity index (χ0) is 15.5. The summed E-state index contributed by atoms with van der Waals surface area (Å²) in [6.07, 6.45) is 1.14. The summed E-state index contributed by atoms with van der Waals surface area (Å²) in [6.45, 7) is 0.740. The third-order valence-electron chi connectivity index (χ3n) is 3.63. The van der Waals surface area contributed by atoms with Crippen molar-refractivity contribution < 1.29 is 17.9 Å². The highest BCUT2D eigenvalue weighted by atomic mass is 32.2. The molecule has 0 atom stereocenters. The van der Waals surface area contributed by atoms with Crippen LogP contribution in [0.5, 0.6) is 11.5 Å². The lowest BCUT2D eigenvalue weighted by Gasteiger charge is -2.28. The molecule has 0 N–H and O–H groups in total. The summed E-state index contributed by atoms with van der Waals surface area (Å²) in [5.41, 5.74) is 0. The number of nitrogens with zero attached hydrogens (tertiary/aromatic N) is 2. The summed E-state index contributed by atoms with van der Waals surface area (Å²) in [7, 11) is -0.599. The summed E-state index contributed by atoms with van der Waals surface area (Å²) in [4.78, 5) is 0.176. The van der Waals surface area contributed by atoms with Gasteiger partial charge in [-0.1, -0.05) is 0 Å². The third kappa shape index (κ3) is 3.12. The predicted octanol–water partition coefficient (Wildman–Crippen LogP) is 1.63. The Labute approximate surface area is 124 Å². The molecule has 0 saturated carbocycles.